The first-order valence-electron chi connectivity index (χ1n) is 8.81. The van der Waals surface area contributed by atoms with Gasteiger partial charge in [-0.1, -0.05) is 68.4 Å². The van der Waals surface area contributed by atoms with Crippen LogP contribution in [-0.2, 0) is 15.4 Å². The average molecular weight is 432 g/mol. The number of benzene rings is 3. The summed E-state index contributed by atoms with van der Waals surface area (Å²) < 4.78 is 28.5. The Morgan fingerprint density at radius 1 is 0.857 bits per heavy atom. The van der Waals surface area contributed by atoms with E-state index in [1.54, 1.807) is 18.2 Å². The molecule has 0 saturated carbocycles. The van der Waals surface area contributed by atoms with Crippen LogP contribution in [0.4, 0.5) is 5.69 Å². The summed E-state index contributed by atoms with van der Waals surface area (Å²) in [5.74, 6) is 0. The fourth-order valence-electron chi connectivity index (χ4n) is 2.61. The standard InChI is InChI=1S/C22H22ClNO2S2/c1-22(2,3)16-8-14-19(15-9-16)28(25,26)24-20-6-4-5-7-21(20)27-18-12-10-17(23)11-13-18/h4-15,24H,1-3H3. The van der Waals surface area contributed by atoms with Crippen molar-refractivity contribution in [2.24, 2.45) is 0 Å². The van der Waals surface area contributed by atoms with E-state index in [1.165, 1.54) is 11.8 Å². The summed E-state index contributed by atoms with van der Waals surface area (Å²) in [6, 6.07) is 21.8. The summed E-state index contributed by atoms with van der Waals surface area (Å²) in [6.45, 7) is 6.29. The molecule has 0 aromatic heterocycles. The zero-order chi connectivity index (χ0) is 20.4. The lowest BCUT2D eigenvalue weighted by Gasteiger charge is -2.19. The molecule has 0 bridgehead atoms. The molecule has 28 heavy (non-hydrogen) atoms. The molecular weight excluding hydrogens is 410 g/mol. The van der Waals surface area contributed by atoms with E-state index in [0.29, 0.717) is 10.7 Å². The van der Waals surface area contributed by atoms with Crippen LogP contribution < -0.4 is 4.72 Å². The second-order valence-corrected chi connectivity index (χ2v) is 10.7. The molecule has 0 amide bonds. The predicted octanol–water partition coefficient (Wildman–Crippen LogP) is 6.59. The number of sulfonamides is 1. The Bertz CT molecular complexity index is 1050. The molecule has 0 radical (unpaired) electrons. The number of hydrogen-bond acceptors (Lipinski definition) is 3. The van der Waals surface area contributed by atoms with E-state index < -0.39 is 10.0 Å². The molecule has 3 nitrogen and oxygen atoms in total. The van der Waals surface area contributed by atoms with Gasteiger partial charge in [0.15, 0.2) is 0 Å². The summed E-state index contributed by atoms with van der Waals surface area (Å²) in [7, 11) is -3.68. The number of hydrogen-bond donors (Lipinski definition) is 1. The average Bonchev–Trinajstić information content (AvgIpc) is 2.64. The van der Waals surface area contributed by atoms with Crippen molar-refractivity contribution < 1.29 is 8.42 Å². The molecule has 146 valence electrons. The highest BCUT2D eigenvalue weighted by molar-refractivity contribution is 7.99. The van der Waals surface area contributed by atoms with E-state index in [2.05, 4.69) is 25.5 Å². The van der Waals surface area contributed by atoms with Crippen LogP contribution in [0.1, 0.15) is 26.3 Å². The van der Waals surface area contributed by atoms with Crippen molar-refractivity contribution >= 4 is 39.1 Å². The predicted molar refractivity (Wildman–Crippen MR) is 118 cm³/mol. The molecule has 0 aliphatic heterocycles. The van der Waals surface area contributed by atoms with E-state index in [4.69, 9.17) is 11.6 Å². The normalized spacial score (nSPS) is 12.0. The zero-order valence-corrected chi connectivity index (χ0v) is 18.3. The van der Waals surface area contributed by atoms with Crippen LogP contribution in [0.25, 0.3) is 0 Å². The van der Waals surface area contributed by atoms with Crippen LogP contribution in [-0.4, -0.2) is 8.42 Å². The molecule has 0 heterocycles. The molecule has 0 aliphatic rings. The largest absolute Gasteiger partial charge is 0.278 e. The van der Waals surface area contributed by atoms with Gasteiger partial charge >= 0.3 is 0 Å². The molecule has 0 atom stereocenters. The maximum absolute atomic E-state index is 12.9. The van der Waals surface area contributed by atoms with Crippen molar-refractivity contribution in [1.82, 2.24) is 0 Å². The van der Waals surface area contributed by atoms with Gasteiger partial charge in [-0.2, -0.15) is 0 Å². The number of nitrogens with one attached hydrogen (secondary N) is 1. The second-order valence-electron chi connectivity index (χ2n) is 7.43. The lowest BCUT2D eigenvalue weighted by molar-refractivity contribution is 0.587. The Morgan fingerprint density at radius 2 is 1.46 bits per heavy atom. The summed E-state index contributed by atoms with van der Waals surface area (Å²) >= 11 is 7.42. The highest BCUT2D eigenvalue weighted by atomic mass is 35.5. The summed E-state index contributed by atoms with van der Waals surface area (Å²) in [5.41, 5.74) is 1.60. The quantitative estimate of drug-likeness (QED) is 0.495. The van der Waals surface area contributed by atoms with E-state index in [9.17, 15) is 8.42 Å². The molecule has 0 unspecified atom stereocenters. The molecular formula is C22H22ClNO2S2. The SMILES string of the molecule is CC(C)(C)c1ccc(S(=O)(=O)Nc2ccccc2Sc2ccc(Cl)cc2)cc1. The third-order valence-corrected chi connectivity index (χ3v) is 6.92. The van der Waals surface area contributed by atoms with Crippen LogP contribution in [0, 0.1) is 0 Å². The van der Waals surface area contributed by atoms with Gasteiger partial charge in [-0.15, -0.1) is 0 Å². The van der Waals surface area contributed by atoms with Crippen LogP contribution in [0.3, 0.4) is 0 Å². The fraction of sp³-hybridized carbons (Fsp3) is 0.182. The number of para-hydroxylation sites is 1. The lowest BCUT2D eigenvalue weighted by Crippen LogP contribution is -2.15. The van der Waals surface area contributed by atoms with Crippen molar-refractivity contribution in [2.45, 2.75) is 40.9 Å². The van der Waals surface area contributed by atoms with Crippen LogP contribution in [0.5, 0.6) is 0 Å². The van der Waals surface area contributed by atoms with Crippen molar-refractivity contribution in [3.63, 3.8) is 0 Å². The first-order valence-corrected chi connectivity index (χ1v) is 11.5. The molecule has 6 heteroatoms. The van der Waals surface area contributed by atoms with Crippen molar-refractivity contribution in [2.75, 3.05) is 4.72 Å². The van der Waals surface area contributed by atoms with Gasteiger partial charge in [0, 0.05) is 14.8 Å². The number of anilines is 1. The fourth-order valence-corrected chi connectivity index (χ4v) is 4.78. The first kappa shape index (κ1) is 20.8. The highest BCUT2D eigenvalue weighted by Crippen LogP contribution is 2.35. The van der Waals surface area contributed by atoms with Crippen molar-refractivity contribution in [3.8, 4) is 0 Å². The van der Waals surface area contributed by atoms with Crippen LogP contribution in [0.2, 0.25) is 5.02 Å². The Kier molecular flexibility index (Phi) is 6.08. The van der Waals surface area contributed by atoms with Gasteiger partial charge in [0.05, 0.1) is 10.6 Å². The first-order chi connectivity index (χ1) is 13.1. The van der Waals surface area contributed by atoms with Gasteiger partial charge in [-0.3, -0.25) is 4.72 Å². The Labute approximate surface area is 176 Å². The molecule has 3 rings (SSSR count). The van der Waals surface area contributed by atoms with E-state index in [-0.39, 0.29) is 10.3 Å². The Balaban J connectivity index is 1.85. The Morgan fingerprint density at radius 3 is 2.07 bits per heavy atom. The van der Waals surface area contributed by atoms with Gasteiger partial charge in [0.2, 0.25) is 0 Å². The van der Waals surface area contributed by atoms with Crippen molar-refractivity contribution in [1.29, 1.82) is 0 Å². The van der Waals surface area contributed by atoms with E-state index in [1.807, 2.05) is 54.6 Å². The minimum absolute atomic E-state index is 0.0302. The van der Waals surface area contributed by atoms with E-state index >= 15 is 0 Å². The van der Waals surface area contributed by atoms with Crippen LogP contribution >= 0.6 is 23.4 Å². The third-order valence-electron chi connectivity index (χ3n) is 4.20. The maximum atomic E-state index is 12.9. The number of halogens is 1. The van der Waals surface area contributed by atoms with Gasteiger partial charge in [-0.25, -0.2) is 8.42 Å². The highest BCUT2D eigenvalue weighted by Gasteiger charge is 2.19. The van der Waals surface area contributed by atoms with Crippen LogP contribution in [0.15, 0.2) is 87.5 Å². The summed E-state index contributed by atoms with van der Waals surface area (Å²) in [5, 5.41) is 0.664. The summed E-state index contributed by atoms with van der Waals surface area (Å²) in [6.07, 6.45) is 0. The molecule has 1 N–H and O–H groups in total. The molecule has 0 fully saturated rings. The minimum atomic E-state index is -3.68. The molecule has 0 spiro atoms. The van der Waals surface area contributed by atoms with Gasteiger partial charge in [-0.05, 0) is 59.5 Å². The van der Waals surface area contributed by atoms with Gasteiger partial charge in [0.1, 0.15) is 0 Å². The minimum Gasteiger partial charge on any atom is -0.278 e. The smallest absolute Gasteiger partial charge is 0.261 e. The van der Waals surface area contributed by atoms with Gasteiger partial charge < -0.3 is 0 Å². The summed E-state index contributed by atoms with van der Waals surface area (Å²) in [4.78, 5) is 2.04. The van der Waals surface area contributed by atoms with E-state index in [0.717, 1.165) is 15.4 Å². The second kappa shape index (κ2) is 8.19. The molecule has 3 aromatic carbocycles. The maximum Gasteiger partial charge on any atom is 0.261 e. The lowest BCUT2D eigenvalue weighted by atomic mass is 9.87. The monoisotopic (exact) mass is 431 g/mol. The molecule has 0 saturated heterocycles. The van der Waals surface area contributed by atoms with Crippen molar-refractivity contribution in [3.05, 3.63) is 83.4 Å². The topological polar surface area (TPSA) is 46.2 Å². The zero-order valence-electron chi connectivity index (χ0n) is 15.9. The molecule has 0 aliphatic carbocycles. The third kappa shape index (κ3) is 5.10. The Hall–Kier alpha value is -1.95. The molecule has 3 aromatic rings. The number of rotatable bonds is 5. The van der Waals surface area contributed by atoms with Gasteiger partial charge in [0.25, 0.3) is 10.0 Å².